The van der Waals surface area contributed by atoms with Crippen molar-refractivity contribution in [2.75, 3.05) is 10.6 Å². The molecular weight excluding hydrogens is 272 g/mol. The molecule has 104 valence electrons. The van der Waals surface area contributed by atoms with Gasteiger partial charge in [0.25, 0.3) is 0 Å². The molecule has 2 rings (SSSR count). The molecule has 2 aromatic carbocycles. The molecule has 1 unspecified atom stereocenters. The predicted octanol–water partition coefficient (Wildman–Crippen LogP) is 4.09. The third-order valence-corrected chi connectivity index (χ3v) is 3.40. The molecule has 0 aromatic heterocycles. The van der Waals surface area contributed by atoms with Crippen molar-refractivity contribution in [3.63, 3.8) is 0 Å². The van der Waals surface area contributed by atoms with Gasteiger partial charge in [-0.3, -0.25) is 4.79 Å². The monoisotopic (exact) mass is 288 g/mol. The zero-order valence-corrected chi connectivity index (χ0v) is 12.2. The van der Waals surface area contributed by atoms with Gasteiger partial charge < -0.3 is 10.6 Å². The summed E-state index contributed by atoms with van der Waals surface area (Å²) < 4.78 is 0. The lowest BCUT2D eigenvalue weighted by atomic mass is 10.2. The molecule has 0 aliphatic heterocycles. The van der Waals surface area contributed by atoms with Crippen LogP contribution in [0.3, 0.4) is 0 Å². The molecule has 0 aliphatic rings. The second kappa shape index (κ2) is 6.44. The first-order valence-electron chi connectivity index (χ1n) is 6.45. The Labute approximate surface area is 124 Å². The number of carbonyl (C=O) groups excluding carboxylic acids is 1. The Bertz CT molecular complexity index is 599. The van der Waals surface area contributed by atoms with Gasteiger partial charge in [0.05, 0.1) is 0 Å². The predicted molar refractivity (Wildman–Crippen MR) is 84.3 cm³/mol. The number of anilines is 2. The smallest absolute Gasteiger partial charge is 0.246 e. The van der Waals surface area contributed by atoms with Crippen LogP contribution in [0.4, 0.5) is 11.4 Å². The summed E-state index contributed by atoms with van der Waals surface area (Å²) in [5.74, 6) is -0.0899. The van der Waals surface area contributed by atoms with Crippen LogP contribution >= 0.6 is 11.6 Å². The first kappa shape index (κ1) is 14.4. The highest BCUT2D eigenvalue weighted by molar-refractivity contribution is 6.31. The van der Waals surface area contributed by atoms with Gasteiger partial charge in [-0.1, -0.05) is 35.9 Å². The standard InChI is InChI=1S/C16H17ClN2O/c1-11-8-9-14(10-15(11)17)18-12(2)16(20)19-13-6-4-3-5-7-13/h3-10,12,18H,1-2H3,(H,19,20). The Kier molecular flexibility index (Phi) is 4.64. The van der Waals surface area contributed by atoms with Gasteiger partial charge in [0.2, 0.25) is 5.91 Å². The van der Waals surface area contributed by atoms with Crippen LogP contribution in [-0.2, 0) is 4.79 Å². The van der Waals surface area contributed by atoms with E-state index in [4.69, 9.17) is 11.6 Å². The van der Waals surface area contributed by atoms with Crippen LogP contribution in [0, 0.1) is 6.92 Å². The Morgan fingerprint density at radius 3 is 2.45 bits per heavy atom. The second-order valence-corrected chi connectivity index (χ2v) is 5.09. The van der Waals surface area contributed by atoms with E-state index in [9.17, 15) is 4.79 Å². The molecule has 0 aliphatic carbocycles. The Morgan fingerprint density at radius 1 is 1.10 bits per heavy atom. The summed E-state index contributed by atoms with van der Waals surface area (Å²) in [6, 6.07) is 14.7. The molecule has 4 heteroatoms. The quantitative estimate of drug-likeness (QED) is 0.890. The SMILES string of the molecule is Cc1ccc(NC(C)C(=O)Nc2ccccc2)cc1Cl. The number of benzene rings is 2. The number of aryl methyl sites for hydroxylation is 1. The maximum absolute atomic E-state index is 12.1. The first-order valence-corrected chi connectivity index (χ1v) is 6.82. The minimum atomic E-state index is -0.353. The number of nitrogens with one attached hydrogen (secondary N) is 2. The molecule has 0 heterocycles. The van der Waals surface area contributed by atoms with Crippen LogP contribution in [0.25, 0.3) is 0 Å². The third-order valence-electron chi connectivity index (χ3n) is 2.99. The summed E-state index contributed by atoms with van der Waals surface area (Å²) in [5.41, 5.74) is 2.63. The lowest BCUT2D eigenvalue weighted by Crippen LogP contribution is -2.31. The van der Waals surface area contributed by atoms with Gasteiger partial charge in [0.1, 0.15) is 6.04 Å². The van der Waals surface area contributed by atoms with E-state index in [1.54, 1.807) is 0 Å². The van der Waals surface area contributed by atoms with Gasteiger partial charge in [0, 0.05) is 16.4 Å². The average molecular weight is 289 g/mol. The minimum Gasteiger partial charge on any atom is -0.374 e. The van der Waals surface area contributed by atoms with Gasteiger partial charge >= 0.3 is 0 Å². The first-order chi connectivity index (χ1) is 9.56. The molecule has 1 atom stereocenters. The topological polar surface area (TPSA) is 41.1 Å². The fraction of sp³-hybridized carbons (Fsp3) is 0.188. The van der Waals surface area contributed by atoms with Gasteiger partial charge in [-0.05, 0) is 43.7 Å². The molecule has 2 aromatic rings. The zero-order valence-electron chi connectivity index (χ0n) is 11.5. The molecule has 2 N–H and O–H groups in total. The van der Waals surface area contributed by atoms with Crippen LogP contribution in [0.1, 0.15) is 12.5 Å². The molecule has 0 bridgehead atoms. The Balaban J connectivity index is 1.98. The fourth-order valence-corrected chi connectivity index (χ4v) is 1.95. The van der Waals surface area contributed by atoms with Gasteiger partial charge in [0.15, 0.2) is 0 Å². The van der Waals surface area contributed by atoms with E-state index >= 15 is 0 Å². The van der Waals surface area contributed by atoms with E-state index in [1.807, 2.05) is 62.4 Å². The van der Waals surface area contributed by atoms with Crippen molar-refractivity contribution in [1.29, 1.82) is 0 Å². The van der Waals surface area contributed by atoms with Crippen molar-refractivity contribution in [2.24, 2.45) is 0 Å². The number of amides is 1. The number of hydrogen-bond acceptors (Lipinski definition) is 2. The van der Waals surface area contributed by atoms with E-state index in [0.29, 0.717) is 5.02 Å². The summed E-state index contributed by atoms with van der Waals surface area (Å²) in [6.07, 6.45) is 0. The van der Waals surface area contributed by atoms with Crippen molar-refractivity contribution in [1.82, 2.24) is 0 Å². The van der Waals surface area contributed by atoms with Crippen molar-refractivity contribution < 1.29 is 4.79 Å². The largest absolute Gasteiger partial charge is 0.374 e. The lowest BCUT2D eigenvalue weighted by Gasteiger charge is -2.16. The van der Waals surface area contributed by atoms with Crippen LogP contribution in [0.5, 0.6) is 0 Å². The minimum absolute atomic E-state index is 0.0899. The van der Waals surface area contributed by atoms with Gasteiger partial charge in [-0.25, -0.2) is 0 Å². The van der Waals surface area contributed by atoms with Gasteiger partial charge in [-0.15, -0.1) is 0 Å². The molecule has 0 saturated carbocycles. The van der Waals surface area contributed by atoms with E-state index < -0.39 is 0 Å². The normalized spacial score (nSPS) is 11.8. The van der Waals surface area contributed by atoms with Crippen LogP contribution in [0.2, 0.25) is 5.02 Å². The summed E-state index contributed by atoms with van der Waals surface area (Å²) in [6.45, 7) is 3.75. The molecule has 0 saturated heterocycles. The zero-order chi connectivity index (χ0) is 14.5. The number of carbonyl (C=O) groups is 1. The molecule has 3 nitrogen and oxygen atoms in total. The van der Waals surface area contributed by atoms with Crippen molar-refractivity contribution in [3.8, 4) is 0 Å². The number of hydrogen-bond donors (Lipinski definition) is 2. The van der Waals surface area contributed by atoms with E-state index in [-0.39, 0.29) is 11.9 Å². The van der Waals surface area contributed by atoms with E-state index in [0.717, 1.165) is 16.9 Å². The third kappa shape index (κ3) is 3.75. The highest BCUT2D eigenvalue weighted by atomic mass is 35.5. The summed E-state index contributed by atoms with van der Waals surface area (Å²) in [4.78, 5) is 12.1. The molecule has 20 heavy (non-hydrogen) atoms. The summed E-state index contributed by atoms with van der Waals surface area (Å²) in [7, 11) is 0. The maximum atomic E-state index is 12.1. The van der Waals surface area contributed by atoms with Gasteiger partial charge in [-0.2, -0.15) is 0 Å². The number of rotatable bonds is 4. The second-order valence-electron chi connectivity index (χ2n) is 4.69. The summed E-state index contributed by atoms with van der Waals surface area (Å²) >= 11 is 6.07. The van der Waals surface area contributed by atoms with Crippen LogP contribution in [-0.4, -0.2) is 11.9 Å². The van der Waals surface area contributed by atoms with Crippen molar-refractivity contribution in [2.45, 2.75) is 19.9 Å². The molecule has 0 fully saturated rings. The highest BCUT2D eigenvalue weighted by Gasteiger charge is 2.12. The molecular formula is C16H17ClN2O. The number of para-hydroxylation sites is 1. The Hall–Kier alpha value is -2.00. The average Bonchev–Trinajstić information content (AvgIpc) is 2.44. The fourth-order valence-electron chi connectivity index (χ4n) is 1.77. The van der Waals surface area contributed by atoms with Crippen LogP contribution in [0.15, 0.2) is 48.5 Å². The maximum Gasteiger partial charge on any atom is 0.246 e. The lowest BCUT2D eigenvalue weighted by molar-refractivity contribution is -0.116. The molecule has 1 amide bonds. The van der Waals surface area contributed by atoms with Crippen molar-refractivity contribution in [3.05, 3.63) is 59.1 Å². The molecule has 0 spiro atoms. The van der Waals surface area contributed by atoms with Crippen LogP contribution < -0.4 is 10.6 Å². The van der Waals surface area contributed by atoms with Crippen molar-refractivity contribution >= 4 is 28.9 Å². The van der Waals surface area contributed by atoms with E-state index in [1.165, 1.54) is 0 Å². The number of halogens is 1. The molecule has 0 radical (unpaired) electrons. The highest BCUT2D eigenvalue weighted by Crippen LogP contribution is 2.20. The Morgan fingerprint density at radius 2 is 1.80 bits per heavy atom. The summed E-state index contributed by atoms with van der Waals surface area (Å²) in [5, 5.41) is 6.67. The van der Waals surface area contributed by atoms with E-state index in [2.05, 4.69) is 10.6 Å².